The van der Waals surface area contributed by atoms with Crippen molar-refractivity contribution >= 4 is 47.4 Å². The minimum absolute atomic E-state index is 0.0809. The SMILES string of the molecule is NC(=O)OCC1=C(C(=O)O)N2C(=O)C(NC(=O)CSc3ccccn3)[C@@H]2SC1. The van der Waals surface area contributed by atoms with Gasteiger partial charge in [-0.25, -0.2) is 14.6 Å². The van der Waals surface area contributed by atoms with E-state index in [1.165, 1.54) is 23.5 Å². The van der Waals surface area contributed by atoms with Gasteiger partial charge in [0.2, 0.25) is 5.91 Å². The van der Waals surface area contributed by atoms with Gasteiger partial charge in [-0.3, -0.25) is 14.5 Å². The van der Waals surface area contributed by atoms with Crippen molar-refractivity contribution in [2.75, 3.05) is 18.1 Å². The third kappa shape index (κ3) is 4.22. The number of nitrogens with one attached hydrogen (secondary N) is 1. The molecule has 0 radical (unpaired) electrons. The molecule has 148 valence electrons. The molecule has 2 aliphatic rings. The van der Waals surface area contributed by atoms with Crippen LogP contribution in [0.4, 0.5) is 4.79 Å². The van der Waals surface area contributed by atoms with Crippen LogP contribution in [0, 0.1) is 0 Å². The number of aliphatic carboxylic acids is 1. The van der Waals surface area contributed by atoms with Crippen molar-refractivity contribution in [3.63, 3.8) is 0 Å². The van der Waals surface area contributed by atoms with E-state index >= 15 is 0 Å². The van der Waals surface area contributed by atoms with Crippen molar-refractivity contribution < 1.29 is 29.0 Å². The second kappa shape index (κ2) is 8.52. The number of rotatable bonds is 7. The molecule has 12 heteroatoms. The van der Waals surface area contributed by atoms with Gasteiger partial charge in [-0.05, 0) is 12.1 Å². The minimum Gasteiger partial charge on any atom is -0.477 e. The maximum Gasteiger partial charge on any atom is 0.404 e. The number of nitrogens with two attached hydrogens (primary N) is 1. The Kier molecular flexibility index (Phi) is 6.09. The van der Waals surface area contributed by atoms with Crippen molar-refractivity contribution in [2.45, 2.75) is 16.4 Å². The number of carboxylic acids is 1. The maximum atomic E-state index is 12.5. The lowest BCUT2D eigenvalue weighted by molar-refractivity contribution is -0.150. The molecule has 3 heterocycles. The van der Waals surface area contributed by atoms with Crippen molar-refractivity contribution in [1.82, 2.24) is 15.2 Å². The van der Waals surface area contributed by atoms with E-state index < -0.39 is 29.4 Å². The smallest absolute Gasteiger partial charge is 0.404 e. The molecule has 1 fully saturated rings. The van der Waals surface area contributed by atoms with Gasteiger partial charge < -0.3 is 20.9 Å². The summed E-state index contributed by atoms with van der Waals surface area (Å²) >= 11 is 2.51. The fourth-order valence-electron chi connectivity index (χ4n) is 2.74. The molecule has 10 nitrogen and oxygen atoms in total. The van der Waals surface area contributed by atoms with Crippen LogP contribution in [0.25, 0.3) is 0 Å². The number of carbonyl (C=O) groups is 4. The lowest BCUT2D eigenvalue weighted by atomic mass is 10.0. The third-order valence-electron chi connectivity index (χ3n) is 3.94. The first-order valence-corrected chi connectivity index (χ1v) is 10.1. The number of aromatic nitrogens is 1. The lowest BCUT2D eigenvalue weighted by Gasteiger charge is -2.49. The van der Waals surface area contributed by atoms with Crippen molar-refractivity contribution in [3.05, 3.63) is 35.7 Å². The quantitative estimate of drug-likeness (QED) is 0.406. The van der Waals surface area contributed by atoms with E-state index in [9.17, 15) is 24.3 Å². The number of primary amides is 1. The summed E-state index contributed by atoms with van der Waals surface area (Å²) in [7, 11) is 0. The van der Waals surface area contributed by atoms with Gasteiger partial charge >= 0.3 is 12.1 Å². The van der Waals surface area contributed by atoms with Crippen molar-refractivity contribution in [3.8, 4) is 0 Å². The molecule has 2 aliphatic heterocycles. The monoisotopic (exact) mass is 424 g/mol. The number of ether oxygens (including phenoxy) is 1. The van der Waals surface area contributed by atoms with E-state index in [1.807, 2.05) is 0 Å². The highest BCUT2D eigenvalue weighted by molar-refractivity contribution is 8.00. The second-order valence-electron chi connectivity index (χ2n) is 5.78. The average molecular weight is 424 g/mol. The summed E-state index contributed by atoms with van der Waals surface area (Å²) in [5.74, 6) is -1.87. The van der Waals surface area contributed by atoms with E-state index in [2.05, 4.69) is 15.0 Å². The van der Waals surface area contributed by atoms with Gasteiger partial charge in [-0.15, -0.1) is 11.8 Å². The van der Waals surface area contributed by atoms with Crippen molar-refractivity contribution in [1.29, 1.82) is 0 Å². The highest BCUT2D eigenvalue weighted by Crippen LogP contribution is 2.40. The van der Waals surface area contributed by atoms with E-state index in [1.54, 1.807) is 24.4 Å². The number of hydrogen-bond donors (Lipinski definition) is 3. The average Bonchev–Trinajstić information content (AvgIpc) is 2.68. The first kappa shape index (κ1) is 20.0. The number of carboxylic acid groups (broad SMARTS) is 1. The molecule has 0 aliphatic carbocycles. The van der Waals surface area contributed by atoms with E-state index in [0.29, 0.717) is 5.03 Å². The molecule has 28 heavy (non-hydrogen) atoms. The molecular formula is C16H16N4O6S2. The standard InChI is InChI=1S/C16H16N4O6S2/c17-16(25)26-5-8-6-28-14-11(13(22)20(14)12(8)15(23)24)19-9(21)7-27-10-3-1-2-4-18-10/h1-4,11,14H,5-7H2,(H2,17,25)(H,19,21)(H,23,24)/t11?,14-/m0/s1. The second-order valence-corrected chi connectivity index (χ2v) is 7.88. The van der Waals surface area contributed by atoms with Gasteiger partial charge in [0.15, 0.2) is 0 Å². The van der Waals surface area contributed by atoms with Crippen molar-refractivity contribution in [2.24, 2.45) is 5.73 Å². The van der Waals surface area contributed by atoms with Crippen LogP contribution in [0.1, 0.15) is 0 Å². The van der Waals surface area contributed by atoms with Crippen LogP contribution in [-0.4, -0.2) is 68.4 Å². The number of pyridine rings is 1. The van der Waals surface area contributed by atoms with Gasteiger partial charge in [0.25, 0.3) is 5.91 Å². The van der Waals surface area contributed by atoms with Crippen LogP contribution < -0.4 is 11.1 Å². The molecule has 4 N–H and O–H groups in total. The third-order valence-corrected chi connectivity index (χ3v) is 6.23. The van der Waals surface area contributed by atoms with Crippen LogP contribution in [-0.2, 0) is 19.1 Å². The highest BCUT2D eigenvalue weighted by atomic mass is 32.2. The van der Waals surface area contributed by atoms with Gasteiger partial charge in [-0.2, -0.15) is 0 Å². The number of hydrogen-bond acceptors (Lipinski definition) is 8. The number of nitrogens with zero attached hydrogens (tertiary/aromatic N) is 2. The summed E-state index contributed by atoms with van der Waals surface area (Å²) in [6.07, 6.45) is 0.584. The molecule has 0 spiro atoms. The molecule has 0 bridgehead atoms. The summed E-state index contributed by atoms with van der Waals surface area (Å²) < 4.78 is 4.66. The number of amides is 3. The predicted octanol–water partition coefficient (Wildman–Crippen LogP) is 0.00760. The van der Waals surface area contributed by atoms with E-state index in [4.69, 9.17) is 5.73 Å². The van der Waals surface area contributed by atoms with Gasteiger partial charge in [-0.1, -0.05) is 17.8 Å². The van der Waals surface area contributed by atoms with Crippen LogP contribution in [0.5, 0.6) is 0 Å². The highest BCUT2D eigenvalue weighted by Gasteiger charge is 2.54. The number of β-lactam (4-membered cyclic amide) rings is 1. The fraction of sp³-hybridized carbons (Fsp3) is 0.312. The Bertz CT molecular complexity index is 847. The minimum atomic E-state index is -1.31. The molecule has 3 amide bonds. The van der Waals surface area contributed by atoms with Crippen LogP contribution in [0.2, 0.25) is 0 Å². The topological polar surface area (TPSA) is 152 Å². The van der Waals surface area contributed by atoms with Crippen LogP contribution in [0.15, 0.2) is 40.7 Å². The Morgan fingerprint density at radius 1 is 1.43 bits per heavy atom. The summed E-state index contributed by atoms with van der Waals surface area (Å²) in [6.45, 7) is -0.307. The molecule has 1 aromatic rings. The normalized spacial score (nSPS) is 20.9. The first-order valence-electron chi connectivity index (χ1n) is 8.04. The molecule has 0 saturated carbocycles. The summed E-state index contributed by atoms with van der Waals surface area (Å²) in [4.78, 5) is 52.2. The zero-order valence-electron chi connectivity index (χ0n) is 14.4. The molecule has 1 saturated heterocycles. The molecule has 3 rings (SSSR count). The Hall–Kier alpha value is -2.73. The van der Waals surface area contributed by atoms with Crippen LogP contribution >= 0.6 is 23.5 Å². The molecular weight excluding hydrogens is 408 g/mol. The maximum absolute atomic E-state index is 12.5. The number of thioether (sulfide) groups is 2. The van der Waals surface area contributed by atoms with E-state index in [0.717, 1.165) is 4.90 Å². The largest absolute Gasteiger partial charge is 0.477 e. The Labute approximate surface area is 167 Å². The van der Waals surface area contributed by atoms with E-state index in [-0.39, 0.29) is 35.3 Å². The zero-order valence-corrected chi connectivity index (χ0v) is 16.0. The summed E-state index contributed by atoms with van der Waals surface area (Å²) in [5.41, 5.74) is 4.95. The molecule has 1 unspecified atom stereocenters. The number of fused-ring (bicyclic) bond motifs is 1. The number of carbonyl (C=O) groups excluding carboxylic acids is 3. The zero-order chi connectivity index (χ0) is 20.3. The molecule has 1 aromatic heterocycles. The van der Waals surface area contributed by atoms with Gasteiger partial charge in [0, 0.05) is 17.5 Å². The fourth-order valence-corrected chi connectivity index (χ4v) is 4.74. The van der Waals surface area contributed by atoms with Gasteiger partial charge in [0.1, 0.15) is 23.7 Å². The Balaban J connectivity index is 1.62. The lowest BCUT2D eigenvalue weighted by Crippen LogP contribution is -2.70. The van der Waals surface area contributed by atoms with Gasteiger partial charge in [0.05, 0.1) is 10.8 Å². The molecule has 0 aromatic carbocycles. The first-order chi connectivity index (χ1) is 13.4. The molecule has 2 atom stereocenters. The summed E-state index contributed by atoms with van der Waals surface area (Å²) in [5, 5.41) is 12.3. The Morgan fingerprint density at radius 2 is 2.21 bits per heavy atom. The Morgan fingerprint density at radius 3 is 2.86 bits per heavy atom. The summed E-state index contributed by atoms with van der Waals surface area (Å²) in [6, 6.07) is 4.53. The van der Waals surface area contributed by atoms with Crippen LogP contribution in [0.3, 0.4) is 0 Å². The predicted molar refractivity (Wildman–Crippen MR) is 100 cm³/mol.